The second-order valence-electron chi connectivity index (χ2n) is 3.84. The van der Waals surface area contributed by atoms with E-state index in [4.69, 9.17) is 4.74 Å². The van der Waals surface area contributed by atoms with Gasteiger partial charge in [-0.05, 0) is 12.1 Å². The minimum Gasteiger partial charge on any atom is -0.439 e. The molecule has 0 fully saturated rings. The van der Waals surface area contributed by atoms with Gasteiger partial charge in [0.2, 0.25) is 11.7 Å². The Hall–Kier alpha value is -2.83. The lowest BCUT2D eigenvalue weighted by molar-refractivity contribution is 0.387. The van der Waals surface area contributed by atoms with Crippen molar-refractivity contribution in [3.8, 4) is 23.3 Å². The first-order valence-electron chi connectivity index (χ1n) is 5.55. The van der Waals surface area contributed by atoms with Gasteiger partial charge < -0.3 is 4.74 Å². The Balaban J connectivity index is 1.93. The van der Waals surface area contributed by atoms with Crippen molar-refractivity contribution in [1.82, 2.24) is 19.7 Å². The van der Waals surface area contributed by atoms with Gasteiger partial charge in [0.05, 0.1) is 6.20 Å². The smallest absolute Gasteiger partial charge is 0.439 e. The van der Waals surface area contributed by atoms with E-state index in [1.165, 1.54) is 0 Å². The fourth-order valence-electron chi connectivity index (χ4n) is 1.64. The number of para-hydroxylation sites is 1. The van der Waals surface area contributed by atoms with Crippen molar-refractivity contribution in [1.29, 1.82) is 0 Å². The summed E-state index contributed by atoms with van der Waals surface area (Å²) in [7, 11) is 1.76. The zero-order valence-electron chi connectivity index (χ0n) is 10.0. The maximum Gasteiger partial charge on any atom is 0.439 e. The second kappa shape index (κ2) is 4.45. The first-order valence-corrected chi connectivity index (χ1v) is 5.55. The molecule has 0 radical (unpaired) electrons. The van der Waals surface area contributed by atoms with Gasteiger partial charge in [-0.3, -0.25) is 14.1 Å². The number of rotatable bonds is 3. The highest BCUT2D eigenvalue weighted by Gasteiger charge is 2.14. The number of nitrogens with zero attached hydrogens (tertiary/aromatic N) is 3. The molecule has 0 aliphatic carbocycles. The zero-order valence-corrected chi connectivity index (χ0v) is 10.0. The molecule has 7 nitrogen and oxygen atoms in total. The van der Waals surface area contributed by atoms with Crippen LogP contribution in [-0.4, -0.2) is 19.7 Å². The summed E-state index contributed by atoms with van der Waals surface area (Å²) in [6.07, 6.45) is 1.55. The lowest BCUT2D eigenvalue weighted by Gasteiger charge is -2.05. The second-order valence-corrected chi connectivity index (χ2v) is 3.84. The fourth-order valence-corrected chi connectivity index (χ4v) is 1.64. The highest BCUT2D eigenvalue weighted by molar-refractivity contribution is 5.45. The van der Waals surface area contributed by atoms with E-state index >= 15 is 0 Å². The molecule has 3 aromatic rings. The molecule has 0 spiro atoms. The summed E-state index contributed by atoms with van der Waals surface area (Å²) >= 11 is 0. The predicted octanol–water partition coefficient (Wildman–Crippen LogP) is 1.56. The Morgan fingerprint density at radius 2 is 2.11 bits per heavy atom. The third-order valence-electron chi connectivity index (χ3n) is 2.56. The van der Waals surface area contributed by atoms with Crippen molar-refractivity contribution in [2.45, 2.75) is 0 Å². The molecule has 7 heteroatoms. The lowest BCUT2D eigenvalue weighted by Crippen LogP contribution is -1.99. The van der Waals surface area contributed by atoms with Gasteiger partial charge in [-0.25, -0.2) is 9.78 Å². The van der Waals surface area contributed by atoms with E-state index in [1.807, 2.05) is 30.3 Å². The number of aromatic amines is 1. The van der Waals surface area contributed by atoms with E-state index < -0.39 is 5.76 Å². The van der Waals surface area contributed by atoms with Gasteiger partial charge in [-0.1, -0.05) is 23.4 Å². The van der Waals surface area contributed by atoms with Crippen LogP contribution in [-0.2, 0) is 7.05 Å². The van der Waals surface area contributed by atoms with Crippen LogP contribution in [0.5, 0.6) is 11.6 Å². The van der Waals surface area contributed by atoms with Crippen LogP contribution in [0.25, 0.3) is 11.6 Å². The summed E-state index contributed by atoms with van der Waals surface area (Å²) in [6, 6.07) is 9.33. The van der Waals surface area contributed by atoms with Crippen molar-refractivity contribution < 1.29 is 9.26 Å². The Bertz CT molecular complexity index is 742. The first kappa shape index (κ1) is 11.3. The molecule has 0 aliphatic heterocycles. The van der Waals surface area contributed by atoms with Crippen LogP contribution in [0.15, 0.2) is 45.8 Å². The van der Waals surface area contributed by atoms with Crippen molar-refractivity contribution in [2.24, 2.45) is 7.05 Å². The first-order chi connectivity index (χ1) is 9.24. The summed E-state index contributed by atoms with van der Waals surface area (Å²) in [6.45, 7) is 0. The largest absolute Gasteiger partial charge is 0.439 e. The number of hydrogen-bond donors (Lipinski definition) is 1. The number of hydrogen-bond acceptors (Lipinski definition) is 5. The molecule has 1 N–H and O–H groups in total. The van der Waals surface area contributed by atoms with E-state index in [0.717, 1.165) is 0 Å². The third kappa shape index (κ3) is 2.13. The summed E-state index contributed by atoms with van der Waals surface area (Å²) in [5.74, 6) is 1.33. The monoisotopic (exact) mass is 258 g/mol. The van der Waals surface area contributed by atoms with Crippen molar-refractivity contribution in [3.63, 3.8) is 0 Å². The summed E-state index contributed by atoms with van der Waals surface area (Å²) in [5.41, 5.74) is 0. The van der Waals surface area contributed by atoms with Crippen LogP contribution >= 0.6 is 0 Å². The molecule has 0 saturated heterocycles. The number of imidazole rings is 1. The maximum atomic E-state index is 10.9. The van der Waals surface area contributed by atoms with E-state index in [-0.39, 0.29) is 5.82 Å². The number of aromatic nitrogens is 4. The van der Waals surface area contributed by atoms with Crippen LogP contribution in [0, 0.1) is 0 Å². The number of H-pyrrole nitrogens is 1. The summed E-state index contributed by atoms with van der Waals surface area (Å²) < 4.78 is 11.8. The number of nitrogens with one attached hydrogen (secondary N) is 1. The van der Waals surface area contributed by atoms with Gasteiger partial charge in [0.25, 0.3) is 0 Å². The molecule has 2 aromatic heterocycles. The van der Waals surface area contributed by atoms with Gasteiger partial charge in [0.15, 0.2) is 5.82 Å². The molecule has 2 heterocycles. The van der Waals surface area contributed by atoms with Gasteiger partial charge >= 0.3 is 5.76 Å². The SMILES string of the molecule is Cn1c(Oc2ccccc2)cnc1-c1noc(=O)[nH]1. The molecule has 0 unspecified atom stereocenters. The molecular formula is C12H10N4O3. The number of benzene rings is 1. The van der Waals surface area contributed by atoms with Crippen molar-refractivity contribution in [3.05, 3.63) is 47.1 Å². The Kier molecular flexibility index (Phi) is 2.64. The van der Waals surface area contributed by atoms with E-state index in [0.29, 0.717) is 17.5 Å². The molecule has 19 heavy (non-hydrogen) atoms. The average Bonchev–Trinajstić information content (AvgIpc) is 2.99. The molecule has 0 amide bonds. The quantitative estimate of drug-likeness (QED) is 0.770. The molecule has 0 saturated carbocycles. The minimum absolute atomic E-state index is 0.260. The van der Waals surface area contributed by atoms with E-state index in [9.17, 15) is 4.79 Å². The fraction of sp³-hybridized carbons (Fsp3) is 0.0833. The van der Waals surface area contributed by atoms with Crippen molar-refractivity contribution >= 4 is 0 Å². The molecule has 0 bridgehead atoms. The summed E-state index contributed by atoms with van der Waals surface area (Å²) in [5, 5.41) is 3.59. The normalized spacial score (nSPS) is 10.6. The molecule has 1 aromatic carbocycles. The molecule has 0 aliphatic rings. The summed E-state index contributed by atoms with van der Waals surface area (Å²) in [4.78, 5) is 17.5. The van der Waals surface area contributed by atoms with Crippen LogP contribution in [0.1, 0.15) is 0 Å². The highest BCUT2D eigenvalue weighted by atomic mass is 16.5. The highest BCUT2D eigenvalue weighted by Crippen LogP contribution is 2.24. The Morgan fingerprint density at radius 1 is 1.32 bits per heavy atom. The molecular weight excluding hydrogens is 248 g/mol. The topological polar surface area (TPSA) is 85.9 Å². The van der Waals surface area contributed by atoms with Gasteiger partial charge in [0.1, 0.15) is 5.75 Å². The van der Waals surface area contributed by atoms with Gasteiger partial charge in [-0.15, -0.1) is 0 Å². The maximum absolute atomic E-state index is 10.9. The predicted molar refractivity (Wildman–Crippen MR) is 65.8 cm³/mol. The Labute approximate surface area is 107 Å². The molecule has 3 rings (SSSR count). The van der Waals surface area contributed by atoms with Crippen LogP contribution < -0.4 is 10.5 Å². The lowest BCUT2D eigenvalue weighted by atomic mass is 10.3. The van der Waals surface area contributed by atoms with Gasteiger partial charge in [0, 0.05) is 7.05 Å². The number of ether oxygens (including phenoxy) is 1. The van der Waals surface area contributed by atoms with Crippen LogP contribution in [0.2, 0.25) is 0 Å². The van der Waals surface area contributed by atoms with Gasteiger partial charge in [-0.2, -0.15) is 0 Å². The molecule has 96 valence electrons. The Morgan fingerprint density at radius 3 is 2.79 bits per heavy atom. The van der Waals surface area contributed by atoms with E-state index in [1.54, 1.807) is 17.8 Å². The molecule has 0 atom stereocenters. The third-order valence-corrected chi connectivity index (χ3v) is 2.56. The van der Waals surface area contributed by atoms with Crippen LogP contribution in [0.3, 0.4) is 0 Å². The average molecular weight is 258 g/mol. The zero-order chi connectivity index (χ0) is 13.2. The standard InChI is InChI=1S/C12H10N4O3/c1-16-9(18-8-5-3-2-4-6-8)7-13-11(16)10-14-12(17)19-15-10/h2-7H,1H3,(H,14,15,17). The minimum atomic E-state index is -0.622. The van der Waals surface area contributed by atoms with E-state index in [2.05, 4.69) is 19.6 Å². The van der Waals surface area contributed by atoms with Crippen molar-refractivity contribution in [2.75, 3.05) is 0 Å². The van der Waals surface area contributed by atoms with Crippen LogP contribution in [0.4, 0.5) is 0 Å².